The summed E-state index contributed by atoms with van der Waals surface area (Å²) in [6, 6.07) is 13.2. The number of aliphatic hydroxyl groups excluding tert-OH is 1. The number of Topliss-reactive ketones (excluding diaryl/α,β-unsaturated/α-hetero) is 1. The topological polar surface area (TPSA) is 92.9 Å². The molecule has 9 heteroatoms. The number of nitrogens with zero attached hydrogens (tertiary/aromatic N) is 2. The maximum atomic E-state index is 13.2. The number of carbonyl (C=O) groups excluding carboxylic acids is 2. The van der Waals surface area contributed by atoms with E-state index in [1.807, 2.05) is 13.8 Å². The van der Waals surface area contributed by atoms with Crippen LogP contribution in [0.3, 0.4) is 0 Å². The molecule has 1 unspecified atom stereocenters. The molecule has 1 amide bonds. The second-order valence-corrected chi connectivity index (χ2v) is 8.66. The Labute approximate surface area is 200 Å². The van der Waals surface area contributed by atoms with E-state index in [9.17, 15) is 23.5 Å². The van der Waals surface area contributed by atoms with Crippen LogP contribution in [0.15, 0.2) is 70.5 Å². The van der Waals surface area contributed by atoms with E-state index in [0.717, 1.165) is 0 Å². The Hall–Kier alpha value is -4.01. The van der Waals surface area contributed by atoms with Crippen LogP contribution >= 0.6 is 0 Å². The summed E-state index contributed by atoms with van der Waals surface area (Å²) in [6.45, 7) is 2.34. The summed E-state index contributed by atoms with van der Waals surface area (Å²) in [5.41, 5.74) is 1.77. The average Bonchev–Trinajstić information content (AvgIpc) is 3.34. The van der Waals surface area contributed by atoms with Crippen molar-refractivity contribution in [2.45, 2.75) is 39.8 Å². The van der Waals surface area contributed by atoms with Crippen LogP contribution in [0.5, 0.6) is 5.75 Å². The molecule has 1 aliphatic rings. The lowest BCUT2D eigenvalue weighted by molar-refractivity contribution is -0.118. The van der Waals surface area contributed by atoms with E-state index in [1.165, 1.54) is 23.1 Å². The third-order valence-corrected chi connectivity index (χ3v) is 5.59. The van der Waals surface area contributed by atoms with Crippen molar-refractivity contribution in [1.82, 2.24) is 5.16 Å². The molecule has 0 fully saturated rings. The third-order valence-electron chi connectivity index (χ3n) is 5.59. The van der Waals surface area contributed by atoms with E-state index in [-0.39, 0.29) is 29.2 Å². The van der Waals surface area contributed by atoms with Gasteiger partial charge in [0.05, 0.1) is 17.3 Å². The van der Waals surface area contributed by atoms with E-state index in [4.69, 9.17) is 9.26 Å². The number of hydrogen-bond donors (Lipinski definition) is 1. The van der Waals surface area contributed by atoms with Crippen LogP contribution in [0.25, 0.3) is 11.3 Å². The summed E-state index contributed by atoms with van der Waals surface area (Å²) in [4.78, 5) is 27.6. The SMILES string of the molecule is Cc1cc(-c2ccc(N3C(=O)C(O)=C(C(=O)CC(C)C)C3c3ccccc3OC(F)F)cc2)on1. The quantitative estimate of drug-likeness (QED) is 0.438. The Kier molecular flexibility index (Phi) is 6.68. The molecule has 182 valence electrons. The normalized spacial score (nSPS) is 16.0. The van der Waals surface area contributed by atoms with Crippen molar-refractivity contribution in [3.05, 3.63) is 77.2 Å². The van der Waals surface area contributed by atoms with Crippen molar-refractivity contribution in [3.63, 3.8) is 0 Å². The highest BCUT2D eigenvalue weighted by molar-refractivity contribution is 6.16. The highest BCUT2D eigenvalue weighted by atomic mass is 19.3. The summed E-state index contributed by atoms with van der Waals surface area (Å²) in [5, 5.41) is 14.6. The first-order chi connectivity index (χ1) is 16.7. The summed E-state index contributed by atoms with van der Waals surface area (Å²) < 4.78 is 36.3. The maximum absolute atomic E-state index is 13.2. The molecule has 1 atom stereocenters. The Morgan fingerprint density at radius 3 is 2.46 bits per heavy atom. The summed E-state index contributed by atoms with van der Waals surface area (Å²) in [6.07, 6.45) is 0.0681. The van der Waals surface area contributed by atoms with Gasteiger partial charge in [0.25, 0.3) is 5.91 Å². The van der Waals surface area contributed by atoms with Gasteiger partial charge in [-0.15, -0.1) is 0 Å². The zero-order valence-corrected chi connectivity index (χ0v) is 19.4. The highest BCUT2D eigenvalue weighted by Gasteiger charge is 2.45. The summed E-state index contributed by atoms with van der Waals surface area (Å²) in [7, 11) is 0. The number of aromatic nitrogens is 1. The second-order valence-electron chi connectivity index (χ2n) is 8.66. The van der Waals surface area contributed by atoms with Gasteiger partial charge in [-0.2, -0.15) is 8.78 Å². The number of aryl methyl sites for hydroxylation is 1. The Morgan fingerprint density at radius 2 is 1.86 bits per heavy atom. The molecule has 0 saturated carbocycles. The number of hydrogen-bond acceptors (Lipinski definition) is 6. The van der Waals surface area contributed by atoms with Crippen molar-refractivity contribution in [2.24, 2.45) is 5.92 Å². The molecule has 2 aromatic carbocycles. The fourth-order valence-electron chi connectivity index (χ4n) is 4.13. The predicted molar refractivity (Wildman–Crippen MR) is 124 cm³/mol. The van der Waals surface area contributed by atoms with E-state index < -0.39 is 30.1 Å². The fourth-order valence-corrected chi connectivity index (χ4v) is 4.13. The number of halogens is 2. The van der Waals surface area contributed by atoms with Gasteiger partial charge in [0, 0.05) is 29.3 Å². The third kappa shape index (κ3) is 4.80. The number of carbonyl (C=O) groups is 2. The van der Waals surface area contributed by atoms with Crippen LogP contribution in [0.2, 0.25) is 0 Å². The van der Waals surface area contributed by atoms with E-state index in [1.54, 1.807) is 43.3 Å². The molecule has 0 saturated heterocycles. The van der Waals surface area contributed by atoms with Gasteiger partial charge in [-0.05, 0) is 43.2 Å². The molecule has 7 nitrogen and oxygen atoms in total. The van der Waals surface area contributed by atoms with Crippen LogP contribution in [0.1, 0.15) is 37.6 Å². The molecule has 3 aromatic rings. The summed E-state index contributed by atoms with van der Waals surface area (Å²) in [5.74, 6) is -1.67. The molecular weight excluding hydrogens is 458 g/mol. The molecule has 0 bridgehead atoms. The number of alkyl halides is 2. The predicted octanol–water partition coefficient (Wildman–Crippen LogP) is 5.77. The van der Waals surface area contributed by atoms with E-state index in [2.05, 4.69) is 5.16 Å². The molecule has 1 N–H and O–H groups in total. The molecule has 35 heavy (non-hydrogen) atoms. The second kappa shape index (κ2) is 9.69. The zero-order valence-electron chi connectivity index (χ0n) is 19.4. The Morgan fingerprint density at radius 1 is 1.17 bits per heavy atom. The van der Waals surface area contributed by atoms with Crippen LogP contribution in [-0.4, -0.2) is 28.6 Å². The van der Waals surface area contributed by atoms with E-state index in [0.29, 0.717) is 22.7 Å². The van der Waals surface area contributed by atoms with Crippen LogP contribution in [0, 0.1) is 12.8 Å². The number of aliphatic hydroxyl groups is 1. The number of anilines is 1. The minimum atomic E-state index is -3.11. The highest BCUT2D eigenvalue weighted by Crippen LogP contribution is 2.45. The number of benzene rings is 2. The van der Waals surface area contributed by atoms with Crippen molar-refractivity contribution < 1.29 is 32.7 Å². The van der Waals surface area contributed by atoms with Gasteiger partial charge < -0.3 is 14.4 Å². The van der Waals surface area contributed by atoms with Gasteiger partial charge in [0.2, 0.25) is 0 Å². The Balaban J connectivity index is 1.82. The number of ether oxygens (including phenoxy) is 1. The maximum Gasteiger partial charge on any atom is 0.387 e. The van der Waals surface area contributed by atoms with Crippen LogP contribution in [0.4, 0.5) is 14.5 Å². The van der Waals surface area contributed by atoms with Gasteiger partial charge in [0.15, 0.2) is 17.3 Å². The monoisotopic (exact) mass is 482 g/mol. The molecule has 4 rings (SSSR count). The number of para-hydroxylation sites is 1. The first-order valence-corrected chi connectivity index (χ1v) is 11.0. The Bertz CT molecular complexity index is 1280. The van der Waals surface area contributed by atoms with Crippen LogP contribution < -0.4 is 9.64 Å². The number of amides is 1. The van der Waals surface area contributed by atoms with Crippen molar-refractivity contribution in [3.8, 4) is 17.1 Å². The van der Waals surface area contributed by atoms with Gasteiger partial charge in [-0.3, -0.25) is 14.5 Å². The lowest BCUT2D eigenvalue weighted by atomic mass is 9.91. The lowest BCUT2D eigenvalue weighted by Crippen LogP contribution is -2.31. The van der Waals surface area contributed by atoms with Crippen molar-refractivity contribution >= 4 is 17.4 Å². The smallest absolute Gasteiger partial charge is 0.387 e. The summed E-state index contributed by atoms with van der Waals surface area (Å²) >= 11 is 0. The minimum Gasteiger partial charge on any atom is -0.503 e. The van der Waals surface area contributed by atoms with Gasteiger partial charge >= 0.3 is 6.61 Å². The average molecular weight is 482 g/mol. The largest absolute Gasteiger partial charge is 0.503 e. The first-order valence-electron chi connectivity index (χ1n) is 11.0. The zero-order chi connectivity index (χ0) is 25.3. The molecular formula is C26H24F2N2O5. The minimum absolute atomic E-state index is 0.0511. The first kappa shape index (κ1) is 24.1. The standard InChI is InChI=1S/C26H24F2N2O5/c1-14(2)12-19(31)22-23(18-6-4-5-7-20(18)34-26(27)28)30(25(33)24(22)32)17-10-8-16(9-11-17)21-13-15(3)29-35-21/h4-11,13-14,23,26,32H,12H2,1-3H3. The fraction of sp³-hybridized carbons (Fsp3) is 0.269. The van der Waals surface area contributed by atoms with E-state index >= 15 is 0 Å². The molecule has 1 aromatic heterocycles. The molecule has 1 aliphatic heterocycles. The van der Waals surface area contributed by atoms with Crippen molar-refractivity contribution in [1.29, 1.82) is 0 Å². The molecule has 0 aliphatic carbocycles. The molecule has 0 spiro atoms. The lowest BCUT2D eigenvalue weighted by Gasteiger charge is -2.28. The number of rotatable bonds is 8. The molecule has 2 heterocycles. The van der Waals surface area contributed by atoms with Gasteiger partial charge in [0.1, 0.15) is 5.75 Å². The van der Waals surface area contributed by atoms with Gasteiger partial charge in [-0.25, -0.2) is 0 Å². The van der Waals surface area contributed by atoms with Crippen LogP contribution in [-0.2, 0) is 9.59 Å². The van der Waals surface area contributed by atoms with Gasteiger partial charge in [-0.1, -0.05) is 37.2 Å². The number of ketones is 1. The van der Waals surface area contributed by atoms with Crippen molar-refractivity contribution in [2.75, 3.05) is 4.90 Å². The molecule has 0 radical (unpaired) electrons.